The Bertz CT molecular complexity index is 301. The van der Waals surface area contributed by atoms with Gasteiger partial charge in [0, 0.05) is 18.8 Å². The van der Waals surface area contributed by atoms with E-state index in [1.165, 1.54) is 30.1 Å². The van der Waals surface area contributed by atoms with E-state index in [1.54, 1.807) is 0 Å². The fourth-order valence-corrected chi connectivity index (χ4v) is 2.01. The molecular weight excluding hydrogens is 162 g/mol. The highest BCUT2D eigenvalue weighted by molar-refractivity contribution is 5.17. The summed E-state index contributed by atoms with van der Waals surface area (Å²) in [6.07, 6.45) is 2.37. The van der Waals surface area contributed by atoms with E-state index >= 15 is 0 Å². The number of imidazole rings is 1. The van der Waals surface area contributed by atoms with Crippen LogP contribution < -0.4 is 5.32 Å². The molecule has 0 aliphatic carbocycles. The van der Waals surface area contributed by atoms with Gasteiger partial charge in [0.1, 0.15) is 5.82 Å². The Morgan fingerprint density at radius 1 is 1.54 bits per heavy atom. The molecule has 0 spiro atoms. The molecule has 0 unspecified atom stereocenters. The maximum Gasteiger partial charge on any atom is 0.123 e. The molecule has 2 rings (SSSR count). The van der Waals surface area contributed by atoms with Crippen LogP contribution in [0.15, 0.2) is 0 Å². The monoisotopic (exact) mass is 179 g/mol. The van der Waals surface area contributed by atoms with E-state index in [0.717, 1.165) is 19.6 Å². The number of fused-ring (bicyclic) bond motifs is 1. The summed E-state index contributed by atoms with van der Waals surface area (Å²) in [6, 6.07) is 0. The Morgan fingerprint density at radius 3 is 3.15 bits per heavy atom. The zero-order valence-electron chi connectivity index (χ0n) is 8.43. The van der Waals surface area contributed by atoms with Crippen molar-refractivity contribution in [2.75, 3.05) is 6.54 Å². The van der Waals surface area contributed by atoms with Crippen molar-refractivity contribution in [3.05, 3.63) is 17.2 Å². The van der Waals surface area contributed by atoms with Gasteiger partial charge in [-0.1, -0.05) is 13.3 Å². The quantitative estimate of drug-likeness (QED) is 0.740. The minimum Gasteiger partial charge on any atom is -0.329 e. The van der Waals surface area contributed by atoms with Crippen molar-refractivity contribution in [1.82, 2.24) is 14.9 Å². The number of aryl methyl sites for hydroxylation is 1. The summed E-state index contributed by atoms with van der Waals surface area (Å²) < 4.78 is 2.38. The molecule has 1 aromatic rings. The number of nitrogens with zero attached hydrogens (tertiary/aromatic N) is 2. The number of aromatic nitrogens is 2. The van der Waals surface area contributed by atoms with Gasteiger partial charge in [-0.15, -0.1) is 0 Å². The molecule has 1 aliphatic heterocycles. The first-order chi connectivity index (χ1) is 6.33. The third-order valence-electron chi connectivity index (χ3n) is 2.63. The van der Waals surface area contributed by atoms with Crippen LogP contribution in [0.3, 0.4) is 0 Å². The standard InChI is InChI=1S/C10H17N3/c1-3-4-9-8(2)12-10-7-11-5-6-13(9)10/h11H,3-7H2,1-2H3. The molecule has 3 heteroatoms. The van der Waals surface area contributed by atoms with Crippen LogP contribution >= 0.6 is 0 Å². The summed E-state index contributed by atoms with van der Waals surface area (Å²) >= 11 is 0. The summed E-state index contributed by atoms with van der Waals surface area (Å²) in [5.41, 5.74) is 2.67. The van der Waals surface area contributed by atoms with Gasteiger partial charge >= 0.3 is 0 Å². The first kappa shape index (κ1) is 8.75. The lowest BCUT2D eigenvalue weighted by atomic mass is 10.2. The molecule has 0 amide bonds. The number of rotatable bonds is 2. The van der Waals surface area contributed by atoms with Crippen molar-refractivity contribution >= 4 is 0 Å². The normalized spacial score (nSPS) is 15.8. The van der Waals surface area contributed by atoms with Gasteiger partial charge in [-0.25, -0.2) is 4.98 Å². The highest BCUT2D eigenvalue weighted by atomic mass is 15.2. The topological polar surface area (TPSA) is 29.9 Å². The minimum atomic E-state index is 0.935. The Labute approximate surface area is 79.2 Å². The molecule has 1 N–H and O–H groups in total. The van der Waals surface area contributed by atoms with Crippen molar-refractivity contribution in [1.29, 1.82) is 0 Å². The average Bonchev–Trinajstić information content (AvgIpc) is 2.44. The van der Waals surface area contributed by atoms with E-state index < -0.39 is 0 Å². The van der Waals surface area contributed by atoms with Gasteiger partial charge in [0.25, 0.3) is 0 Å². The SMILES string of the molecule is CCCc1c(C)nc2n1CCNC2. The van der Waals surface area contributed by atoms with E-state index in [1.807, 2.05) is 0 Å². The lowest BCUT2D eigenvalue weighted by Gasteiger charge is -2.17. The number of hydrogen-bond donors (Lipinski definition) is 1. The van der Waals surface area contributed by atoms with Crippen LogP contribution in [0.25, 0.3) is 0 Å². The van der Waals surface area contributed by atoms with E-state index in [0.29, 0.717) is 0 Å². The maximum absolute atomic E-state index is 4.57. The second-order valence-electron chi connectivity index (χ2n) is 3.64. The largest absolute Gasteiger partial charge is 0.329 e. The second kappa shape index (κ2) is 3.50. The fourth-order valence-electron chi connectivity index (χ4n) is 2.01. The predicted molar refractivity (Wildman–Crippen MR) is 52.7 cm³/mol. The molecule has 0 fully saturated rings. The first-order valence-electron chi connectivity index (χ1n) is 5.08. The Kier molecular flexibility index (Phi) is 2.36. The highest BCUT2D eigenvalue weighted by Crippen LogP contribution is 2.15. The van der Waals surface area contributed by atoms with Crippen molar-refractivity contribution in [2.45, 2.75) is 39.8 Å². The zero-order chi connectivity index (χ0) is 9.26. The smallest absolute Gasteiger partial charge is 0.123 e. The Morgan fingerprint density at radius 2 is 2.38 bits per heavy atom. The van der Waals surface area contributed by atoms with Crippen LogP contribution in [-0.2, 0) is 19.5 Å². The lowest BCUT2D eigenvalue weighted by molar-refractivity contribution is 0.492. The van der Waals surface area contributed by atoms with Gasteiger partial charge < -0.3 is 9.88 Å². The van der Waals surface area contributed by atoms with E-state index in [2.05, 4.69) is 28.7 Å². The Hall–Kier alpha value is -0.830. The molecule has 1 aromatic heterocycles. The molecule has 0 atom stereocenters. The predicted octanol–water partition coefficient (Wildman–Crippen LogP) is 1.25. The van der Waals surface area contributed by atoms with E-state index in [4.69, 9.17) is 0 Å². The average molecular weight is 179 g/mol. The molecule has 1 aliphatic rings. The van der Waals surface area contributed by atoms with Crippen LogP contribution in [0, 0.1) is 6.92 Å². The fraction of sp³-hybridized carbons (Fsp3) is 0.700. The highest BCUT2D eigenvalue weighted by Gasteiger charge is 2.15. The number of nitrogens with one attached hydrogen (secondary N) is 1. The third-order valence-corrected chi connectivity index (χ3v) is 2.63. The summed E-state index contributed by atoms with van der Waals surface area (Å²) in [7, 11) is 0. The van der Waals surface area contributed by atoms with Crippen molar-refractivity contribution < 1.29 is 0 Å². The zero-order valence-corrected chi connectivity index (χ0v) is 8.43. The van der Waals surface area contributed by atoms with Gasteiger partial charge in [-0.2, -0.15) is 0 Å². The van der Waals surface area contributed by atoms with Gasteiger partial charge in [0.15, 0.2) is 0 Å². The van der Waals surface area contributed by atoms with Gasteiger partial charge in [0.2, 0.25) is 0 Å². The number of hydrogen-bond acceptors (Lipinski definition) is 2. The molecule has 2 heterocycles. The molecule has 0 bridgehead atoms. The van der Waals surface area contributed by atoms with Gasteiger partial charge in [-0.05, 0) is 13.3 Å². The molecular formula is C10H17N3. The molecule has 13 heavy (non-hydrogen) atoms. The Balaban J connectivity index is 2.36. The summed E-state index contributed by atoms with van der Waals surface area (Å²) in [4.78, 5) is 4.57. The lowest BCUT2D eigenvalue weighted by Crippen LogP contribution is -2.29. The van der Waals surface area contributed by atoms with Crippen LogP contribution in [0.1, 0.15) is 30.6 Å². The molecule has 72 valence electrons. The second-order valence-corrected chi connectivity index (χ2v) is 3.64. The minimum absolute atomic E-state index is 0.935. The van der Waals surface area contributed by atoms with Crippen LogP contribution in [0.5, 0.6) is 0 Å². The van der Waals surface area contributed by atoms with Gasteiger partial charge in [-0.3, -0.25) is 0 Å². The summed E-state index contributed by atoms with van der Waals surface area (Å²) in [5, 5.41) is 3.34. The van der Waals surface area contributed by atoms with Crippen LogP contribution in [0.4, 0.5) is 0 Å². The molecule has 0 radical (unpaired) electrons. The van der Waals surface area contributed by atoms with Crippen LogP contribution in [-0.4, -0.2) is 16.1 Å². The van der Waals surface area contributed by atoms with Crippen molar-refractivity contribution in [2.24, 2.45) is 0 Å². The van der Waals surface area contributed by atoms with E-state index in [9.17, 15) is 0 Å². The summed E-state index contributed by atoms with van der Waals surface area (Å²) in [5.74, 6) is 1.22. The molecule has 0 saturated heterocycles. The summed E-state index contributed by atoms with van der Waals surface area (Å²) in [6.45, 7) is 7.45. The van der Waals surface area contributed by atoms with E-state index in [-0.39, 0.29) is 0 Å². The van der Waals surface area contributed by atoms with Crippen molar-refractivity contribution in [3.63, 3.8) is 0 Å². The third kappa shape index (κ3) is 1.48. The first-order valence-corrected chi connectivity index (χ1v) is 5.08. The molecule has 3 nitrogen and oxygen atoms in total. The van der Waals surface area contributed by atoms with Crippen molar-refractivity contribution in [3.8, 4) is 0 Å². The van der Waals surface area contributed by atoms with Crippen LogP contribution in [0.2, 0.25) is 0 Å². The molecule has 0 aromatic carbocycles. The molecule has 0 saturated carbocycles. The maximum atomic E-state index is 4.57. The van der Waals surface area contributed by atoms with Gasteiger partial charge in [0.05, 0.1) is 12.2 Å².